The van der Waals surface area contributed by atoms with Crippen LogP contribution in [0.25, 0.3) is 0 Å². The van der Waals surface area contributed by atoms with Gasteiger partial charge in [-0.1, -0.05) is 84.4 Å². The quantitative estimate of drug-likeness (QED) is 0.472. The van der Waals surface area contributed by atoms with Crippen LogP contribution in [0.15, 0.2) is 84.9 Å². The summed E-state index contributed by atoms with van der Waals surface area (Å²) in [4.78, 5) is 28.2. The van der Waals surface area contributed by atoms with Crippen LogP contribution in [0.1, 0.15) is 30.0 Å². The fourth-order valence-electron chi connectivity index (χ4n) is 3.67. The van der Waals surface area contributed by atoms with Crippen molar-refractivity contribution in [3.05, 3.63) is 107 Å². The topological polar surface area (TPSA) is 49.4 Å². The summed E-state index contributed by atoms with van der Waals surface area (Å²) in [7, 11) is 0. The summed E-state index contributed by atoms with van der Waals surface area (Å²) < 4.78 is 0. The van der Waals surface area contributed by atoms with Crippen molar-refractivity contribution in [2.45, 2.75) is 38.8 Å². The van der Waals surface area contributed by atoms with Crippen molar-refractivity contribution in [1.82, 2.24) is 10.2 Å². The van der Waals surface area contributed by atoms with E-state index < -0.39 is 6.04 Å². The van der Waals surface area contributed by atoms with Crippen molar-refractivity contribution in [2.75, 3.05) is 6.54 Å². The largest absolute Gasteiger partial charge is 0.355 e. The zero-order valence-electron chi connectivity index (χ0n) is 18.3. The highest BCUT2D eigenvalue weighted by Crippen LogP contribution is 2.18. The van der Waals surface area contributed by atoms with Gasteiger partial charge in [0.1, 0.15) is 6.04 Å². The summed E-state index contributed by atoms with van der Waals surface area (Å²) in [5.74, 6) is -0.186. The molecule has 0 radical (unpaired) electrons. The van der Waals surface area contributed by atoms with Crippen LogP contribution in [-0.4, -0.2) is 29.3 Å². The standard InChI is InChI=1S/C27H29ClN2O2/c1-2-29-27(32)25(19-22-11-7-4-8-12-22)30(20-23-13-16-24(28)17-14-23)26(31)18-15-21-9-5-3-6-10-21/h3-14,16-17,25H,2,15,18-20H2,1H3,(H,29,32). The number of nitrogens with one attached hydrogen (secondary N) is 1. The van der Waals surface area contributed by atoms with E-state index in [4.69, 9.17) is 11.6 Å². The normalized spacial score (nSPS) is 11.6. The molecule has 0 saturated heterocycles. The van der Waals surface area contributed by atoms with Crippen LogP contribution in [0.3, 0.4) is 0 Å². The maximum atomic E-state index is 13.4. The van der Waals surface area contributed by atoms with E-state index in [2.05, 4.69) is 5.32 Å². The van der Waals surface area contributed by atoms with Crippen LogP contribution >= 0.6 is 11.6 Å². The molecule has 0 aliphatic rings. The van der Waals surface area contributed by atoms with Gasteiger partial charge in [0, 0.05) is 31.0 Å². The number of likely N-dealkylation sites (N-methyl/N-ethyl adjacent to an activating group) is 1. The Hall–Kier alpha value is -3.11. The van der Waals surface area contributed by atoms with Crippen LogP contribution in [0.5, 0.6) is 0 Å². The Morgan fingerprint density at radius 3 is 2.03 bits per heavy atom. The molecule has 0 fully saturated rings. The van der Waals surface area contributed by atoms with Crippen molar-refractivity contribution in [3.63, 3.8) is 0 Å². The third-order valence-electron chi connectivity index (χ3n) is 5.36. The first-order chi connectivity index (χ1) is 15.6. The van der Waals surface area contributed by atoms with E-state index in [0.29, 0.717) is 37.4 Å². The van der Waals surface area contributed by atoms with Gasteiger partial charge in [-0.15, -0.1) is 0 Å². The number of amides is 2. The third-order valence-corrected chi connectivity index (χ3v) is 5.61. The molecule has 3 aromatic rings. The van der Waals surface area contributed by atoms with E-state index in [0.717, 1.165) is 16.7 Å². The smallest absolute Gasteiger partial charge is 0.243 e. The maximum absolute atomic E-state index is 13.4. The van der Waals surface area contributed by atoms with Crippen LogP contribution in [0.4, 0.5) is 0 Å². The molecule has 0 aliphatic carbocycles. The molecule has 3 rings (SSSR count). The highest BCUT2D eigenvalue weighted by Gasteiger charge is 2.29. The Bertz CT molecular complexity index is 991. The number of carbonyl (C=O) groups excluding carboxylic acids is 2. The third kappa shape index (κ3) is 6.96. The molecular weight excluding hydrogens is 420 g/mol. The van der Waals surface area contributed by atoms with Crippen molar-refractivity contribution < 1.29 is 9.59 Å². The van der Waals surface area contributed by atoms with E-state index in [-0.39, 0.29) is 11.8 Å². The van der Waals surface area contributed by atoms with Crippen LogP contribution in [-0.2, 0) is 29.0 Å². The summed E-state index contributed by atoms with van der Waals surface area (Å²) in [6.07, 6.45) is 1.42. The fourth-order valence-corrected chi connectivity index (χ4v) is 3.80. The summed E-state index contributed by atoms with van der Waals surface area (Å²) in [6.45, 7) is 2.74. The molecule has 1 unspecified atom stereocenters. The minimum absolute atomic E-state index is 0.0454. The molecule has 0 aliphatic heterocycles. The lowest BCUT2D eigenvalue weighted by atomic mass is 10.0. The number of nitrogens with zero attached hydrogens (tertiary/aromatic N) is 1. The molecule has 0 spiro atoms. The lowest BCUT2D eigenvalue weighted by Crippen LogP contribution is -2.50. The second-order valence-electron chi connectivity index (χ2n) is 7.73. The van der Waals surface area contributed by atoms with Crippen LogP contribution in [0.2, 0.25) is 5.02 Å². The van der Waals surface area contributed by atoms with Crippen molar-refractivity contribution in [1.29, 1.82) is 0 Å². The number of hydrogen-bond acceptors (Lipinski definition) is 2. The molecule has 0 aromatic heterocycles. The second kappa shape index (κ2) is 12.1. The van der Waals surface area contributed by atoms with E-state index in [1.165, 1.54) is 0 Å². The molecule has 166 valence electrons. The van der Waals surface area contributed by atoms with E-state index >= 15 is 0 Å². The zero-order chi connectivity index (χ0) is 22.8. The predicted molar refractivity (Wildman–Crippen MR) is 129 cm³/mol. The Kier molecular flexibility index (Phi) is 8.88. The number of hydrogen-bond donors (Lipinski definition) is 1. The minimum Gasteiger partial charge on any atom is -0.355 e. The lowest BCUT2D eigenvalue weighted by molar-refractivity contribution is -0.141. The van der Waals surface area contributed by atoms with Gasteiger partial charge in [-0.25, -0.2) is 0 Å². The van der Waals surface area contributed by atoms with Crippen LogP contribution in [0, 0.1) is 0 Å². The summed E-state index contributed by atoms with van der Waals surface area (Å²) in [5.41, 5.74) is 3.05. The zero-order valence-corrected chi connectivity index (χ0v) is 19.1. The molecule has 0 bridgehead atoms. The summed E-state index contributed by atoms with van der Waals surface area (Å²) in [5, 5.41) is 3.56. The molecule has 32 heavy (non-hydrogen) atoms. The van der Waals surface area contributed by atoms with Gasteiger partial charge in [0.2, 0.25) is 11.8 Å². The maximum Gasteiger partial charge on any atom is 0.243 e. The molecule has 4 nitrogen and oxygen atoms in total. The Balaban J connectivity index is 1.87. The van der Waals surface area contributed by atoms with Crippen molar-refractivity contribution in [3.8, 4) is 0 Å². The number of rotatable bonds is 10. The van der Waals surface area contributed by atoms with Crippen molar-refractivity contribution >= 4 is 23.4 Å². The number of benzene rings is 3. The van der Waals surface area contributed by atoms with E-state index in [9.17, 15) is 9.59 Å². The van der Waals surface area contributed by atoms with Gasteiger partial charge < -0.3 is 10.2 Å². The predicted octanol–water partition coefficient (Wildman–Crippen LogP) is 5.05. The van der Waals surface area contributed by atoms with Crippen molar-refractivity contribution in [2.24, 2.45) is 0 Å². The Labute approximate surface area is 195 Å². The SMILES string of the molecule is CCNC(=O)C(Cc1ccccc1)N(Cc1ccc(Cl)cc1)C(=O)CCc1ccccc1. The average Bonchev–Trinajstić information content (AvgIpc) is 2.82. The number of carbonyl (C=O) groups is 2. The first kappa shape index (κ1) is 23.6. The van der Waals surface area contributed by atoms with Gasteiger partial charge in [-0.2, -0.15) is 0 Å². The molecule has 1 atom stereocenters. The molecule has 5 heteroatoms. The number of halogens is 1. The molecule has 2 amide bonds. The van der Waals surface area contributed by atoms with Gasteiger partial charge in [-0.05, 0) is 42.2 Å². The summed E-state index contributed by atoms with van der Waals surface area (Å²) >= 11 is 6.05. The summed E-state index contributed by atoms with van der Waals surface area (Å²) in [6, 6.07) is 26.6. The monoisotopic (exact) mass is 448 g/mol. The van der Waals surface area contributed by atoms with Gasteiger partial charge in [0.25, 0.3) is 0 Å². The Morgan fingerprint density at radius 1 is 0.844 bits per heavy atom. The van der Waals surface area contributed by atoms with Gasteiger partial charge in [-0.3, -0.25) is 9.59 Å². The second-order valence-corrected chi connectivity index (χ2v) is 8.17. The first-order valence-electron chi connectivity index (χ1n) is 11.0. The number of aryl methyl sites for hydroxylation is 1. The average molecular weight is 449 g/mol. The molecule has 0 heterocycles. The molecule has 1 N–H and O–H groups in total. The Morgan fingerprint density at radius 2 is 1.44 bits per heavy atom. The van der Waals surface area contributed by atoms with Gasteiger partial charge in [0.15, 0.2) is 0 Å². The van der Waals surface area contributed by atoms with E-state index in [1.807, 2.05) is 91.9 Å². The fraction of sp³-hybridized carbons (Fsp3) is 0.259. The first-order valence-corrected chi connectivity index (χ1v) is 11.3. The van der Waals surface area contributed by atoms with Crippen LogP contribution < -0.4 is 5.32 Å². The lowest BCUT2D eigenvalue weighted by Gasteiger charge is -2.31. The van der Waals surface area contributed by atoms with Gasteiger partial charge >= 0.3 is 0 Å². The van der Waals surface area contributed by atoms with E-state index in [1.54, 1.807) is 4.90 Å². The highest BCUT2D eigenvalue weighted by atomic mass is 35.5. The highest BCUT2D eigenvalue weighted by molar-refractivity contribution is 6.30. The molecule has 0 saturated carbocycles. The molecule has 3 aromatic carbocycles. The molecular formula is C27H29ClN2O2. The van der Waals surface area contributed by atoms with Gasteiger partial charge in [0.05, 0.1) is 0 Å². The minimum atomic E-state index is -0.601.